The van der Waals surface area contributed by atoms with Crippen molar-refractivity contribution < 1.29 is 19.1 Å². The van der Waals surface area contributed by atoms with Crippen LogP contribution in [0.3, 0.4) is 0 Å². The summed E-state index contributed by atoms with van der Waals surface area (Å²) in [4.78, 5) is 10.0. The molecule has 0 atom stereocenters. The molecule has 0 bridgehead atoms. The van der Waals surface area contributed by atoms with Gasteiger partial charge >= 0.3 is 5.97 Å². The third kappa shape index (κ3) is 2.67. The maximum absolute atomic E-state index is 10.0. The second-order valence-corrected chi connectivity index (χ2v) is 2.10. The lowest BCUT2D eigenvalue weighted by Crippen LogP contribution is -2.06. The Hall–Kier alpha value is -1.43. The van der Waals surface area contributed by atoms with E-state index in [1.807, 2.05) is 0 Å². The Balaban J connectivity index is 2.29. The van der Waals surface area contributed by atoms with Crippen LogP contribution < -0.4 is 0 Å². The number of ether oxygens (including phenoxy) is 1. The van der Waals surface area contributed by atoms with Crippen LogP contribution in [-0.2, 0) is 16.1 Å². The van der Waals surface area contributed by atoms with Crippen LogP contribution in [0.2, 0.25) is 0 Å². The highest BCUT2D eigenvalue weighted by atomic mass is 16.5. The van der Waals surface area contributed by atoms with E-state index in [-0.39, 0.29) is 19.1 Å². The highest BCUT2D eigenvalue weighted by molar-refractivity contribution is 5.67. The molecule has 66 valence electrons. The molecule has 0 aromatic carbocycles. The smallest absolute Gasteiger partial charge is 0.329 e. The lowest BCUT2D eigenvalue weighted by atomic mass is 10.7. The number of aryl methyl sites for hydroxylation is 1. The fourth-order valence-corrected chi connectivity index (χ4v) is 0.621. The summed E-state index contributed by atoms with van der Waals surface area (Å²) in [7, 11) is 0. The summed E-state index contributed by atoms with van der Waals surface area (Å²) in [6, 6.07) is 0. The maximum atomic E-state index is 10.0. The minimum Gasteiger partial charge on any atom is -0.480 e. The van der Waals surface area contributed by atoms with Gasteiger partial charge in [0.2, 0.25) is 11.8 Å². The Morgan fingerprint density at radius 1 is 1.67 bits per heavy atom. The zero-order valence-corrected chi connectivity index (χ0v) is 6.48. The molecule has 0 spiro atoms. The molecule has 6 heteroatoms. The molecule has 0 aliphatic carbocycles. The number of aliphatic carboxylic acids is 1. The van der Waals surface area contributed by atoms with E-state index in [0.717, 1.165) is 0 Å². The first kappa shape index (κ1) is 8.66. The third-order valence-electron chi connectivity index (χ3n) is 1.02. The first-order chi connectivity index (χ1) is 5.68. The van der Waals surface area contributed by atoms with Gasteiger partial charge in [0.1, 0.15) is 13.2 Å². The molecule has 0 saturated heterocycles. The summed E-state index contributed by atoms with van der Waals surface area (Å²) in [6.07, 6.45) is 0. The summed E-state index contributed by atoms with van der Waals surface area (Å²) in [6.45, 7) is 1.32. The van der Waals surface area contributed by atoms with Crippen LogP contribution in [0.25, 0.3) is 0 Å². The Morgan fingerprint density at radius 2 is 2.42 bits per heavy atom. The van der Waals surface area contributed by atoms with Crippen molar-refractivity contribution in [3.05, 3.63) is 11.8 Å². The van der Waals surface area contributed by atoms with Crippen molar-refractivity contribution in [2.45, 2.75) is 13.5 Å². The molecule has 1 aromatic heterocycles. The van der Waals surface area contributed by atoms with Crippen LogP contribution in [0.1, 0.15) is 11.8 Å². The van der Waals surface area contributed by atoms with Crippen LogP contribution in [-0.4, -0.2) is 27.9 Å². The summed E-state index contributed by atoms with van der Waals surface area (Å²) in [5, 5.41) is 15.4. The Morgan fingerprint density at radius 3 is 2.92 bits per heavy atom. The number of rotatable bonds is 4. The van der Waals surface area contributed by atoms with Gasteiger partial charge in [0, 0.05) is 6.92 Å². The molecule has 1 heterocycles. The number of carboxylic acids is 1. The van der Waals surface area contributed by atoms with Gasteiger partial charge in [-0.25, -0.2) is 4.79 Å². The SMILES string of the molecule is Cc1nnc(COCC(=O)O)o1. The molecule has 1 rings (SSSR count). The molecule has 1 aromatic rings. The van der Waals surface area contributed by atoms with Gasteiger partial charge in [0.25, 0.3) is 0 Å². The number of hydrogen-bond acceptors (Lipinski definition) is 5. The summed E-state index contributed by atoms with van der Waals surface area (Å²) in [5.41, 5.74) is 0. The standard InChI is InChI=1S/C6H8N2O4/c1-4-7-8-5(12-4)2-11-3-6(9)10/h2-3H2,1H3,(H,9,10). The predicted molar refractivity (Wildman–Crippen MR) is 36.3 cm³/mol. The molecule has 0 saturated carbocycles. The summed E-state index contributed by atoms with van der Waals surface area (Å²) < 4.78 is 9.62. The van der Waals surface area contributed by atoms with Crippen molar-refractivity contribution >= 4 is 5.97 Å². The molecule has 0 fully saturated rings. The quantitative estimate of drug-likeness (QED) is 0.686. The van der Waals surface area contributed by atoms with Gasteiger partial charge in [-0.05, 0) is 0 Å². The zero-order valence-electron chi connectivity index (χ0n) is 6.48. The van der Waals surface area contributed by atoms with Crippen molar-refractivity contribution in [1.82, 2.24) is 10.2 Å². The van der Waals surface area contributed by atoms with Gasteiger partial charge in [-0.3, -0.25) is 0 Å². The molecule has 6 nitrogen and oxygen atoms in total. The highest BCUT2D eigenvalue weighted by Gasteiger charge is 2.03. The Labute approximate surface area is 68.2 Å². The van der Waals surface area contributed by atoms with Gasteiger partial charge in [-0.2, -0.15) is 0 Å². The van der Waals surface area contributed by atoms with E-state index < -0.39 is 5.97 Å². The van der Waals surface area contributed by atoms with Crippen LogP contribution in [0, 0.1) is 6.92 Å². The Kier molecular flexibility index (Phi) is 2.76. The minimum atomic E-state index is -1.02. The van der Waals surface area contributed by atoms with E-state index in [2.05, 4.69) is 10.2 Å². The van der Waals surface area contributed by atoms with Crippen LogP contribution in [0.15, 0.2) is 4.42 Å². The van der Waals surface area contributed by atoms with Crippen LogP contribution >= 0.6 is 0 Å². The lowest BCUT2D eigenvalue weighted by Gasteiger charge is -1.94. The number of carboxylic acid groups (broad SMARTS) is 1. The maximum Gasteiger partial charge on any atom is 0.329 e. The average Bonchev–Trinajstić information content (AvgIpc) is 2.35. The molecule has 0 amide bonds. The summed E-state index contributed by atoms with van der Waals surface area (Å²) >= 11 is 0. The van der Waals surface area contributed by atoms with E-state index in [1.165, 1.54) is 0 Å². The van der Waals surface area contributed by atoms with E-state index in [4.69, 9.17) is 14.3 Å². The molecule has 0 unspecified atom stereocenters. The molecular formula is C6H8N2O4. The van der Waals surface area contributed by atoms with Crippen molar-refractivity contribution in [1.29, 1.82) is 0 Å². The van der Waals surface area contributed by atoms with E-state index in [9.17, 15) is 4.79 Å². The van der Waals surface area contributed by atoms with Gasteiger partial charge in [0.05, 0.1) is 0 Å². The molecule has 0 aliphatic heterocycles. The van der Waals surface area contributed by atoms with Crippen molar-refractivity contribution in [3.63, 3.8) is 0 Å². The van der Waals surface area contributed by atoms with E-state index in [0.29, 0.717) is 5.89 Å². The van der Waals surface area contributed by atoms with Crippen molar-refractivity contribution in [3.8, 4) is 0 Å². The zero-order chi connectivity index (χ0) is 8.97. The van der Waals surface area contributed by atoms with Crippen LogP contribution in [0.4, 0.5) is 0 Å². The fraction of sp³-hybridized carbons (Fsp3) is 0.500. The van der Waals surface area contributed by atoms with Crippen molar-refractivity contribution in [2.75, 3.05) is 6.61 Å². The van der Waals surface area contributed by atoms with Gasteiger partial charge < -0.3 is 14.3 Å². The van der Waals surface area contributed by atoms with Crippen molar-refractivity contribution in [2.24, 2.45) is 0 Å². The molecule has 0 aliphatic rings. The lowest BCUT2D eigenvalue weighted by molar-refractivity contribution is -0.142. The monoisotopic (exact) mass is 172 g/mol. The second kappa shape index (κ2) is 3.82. The normalized spacial score (nSPS) is 10.1. The molecule has 12 heavy (non-hydrogen) atoms. The molecule has 0 radical (unpaired) electrons. The minimum absolute atomic E-state index is 0.0349. The topological polar surface area (TPSA) is 85.5 Å². The number of hydrogen-bond donors (Lipinski definition) is 1. The number of nitrogens with zero attached hydrogens (tertiary/aromatic N) is 2. The molecule has 1 N–H and O–H groups in total. The average molecular weight is 172 g/mol. The van der Waals surface area contributed by atoms with E-state index >= 15 is 0 Å². The Bertz CT molecular complexity index is 270. The first-order valence-electron chi connectivity index (χ1n) is 3.27. The second-order valence-electron chi connectivity index (χ2n) is 2.10. The van der Waals surface area contributed by atoms with Gasteiger partial charge in [0.15, 0.2) is 0 Å². The number of aromatic nitrogens is 2. The van der Waals surface area contributed by atoms with Gasteiger partial charge in [-0.1, -0.05) is 0 Å². The number of carbonyl (C=O) groups is 1. The fourth-order valence-electron chi connectivity index (χ4n) is 0.621. The van der Waals surface area contributed by atoms with Crippen LogP contribution in [0.5, 0.6) is 0 Å². The highest BCUT2D eigenvalue weighted by Crippen LogP contribution is 1.98. The predicted octanol–water partition coefficient (Wildman–Crippen LogP) is -0.0208. The largest absolute Gasteiger partial charge is 0.480 e. The molecular weight excluding hydrogens is 164 g/mol. The van der Waals surface area contributed by atoms with Gasteiger partial charge in [-0.15, -0.1) is 10.2 Å². The summed E-state index contributed by atoms with van der Waals surface area (Å²) in [5.74, 6) is -0.302. The first-order valence-corrected chi connectivity index (χ1v) is 3.27. The third-order valence-corrected chi connectivity index (χ3v) is 1.02. The van der Waals surface area contributed by atoms with E-state index in [1.54, 1.807) is 6.92 Å².